The van der Waals surface area contributed by atoms with Crippen molar-refractivity contribution in [3.8, 4) is 0 Å². The smallest absolute Gasteiger partial charge is 0.133 e. The van der Waals surface area contributed by atoms with Crippen LogP contribution in [0.15, 0.2) is 28.6 Å². The Morgan fingerprint density at radius 1 is 1.44 bits per heavy atom. The molecule has 3 heterocycles. The summed E-state index contributed by atoms with van der Waals surface area (Å²) in [6, 6.07) is 2.22. The van der Waals surface area contributed by atoms with Gasteiger partial charge < -0.3 is 4.74 Å². The van der Waals surface area contributed by atoms with Crippen molar-refractivity contribution in [3.05, 3.63) is 34.0 Å². The van der Waals surface area contributed by atoms with E-state index < -0.39 is 0 Å². The zero-order valence-electron chi connectivity index (χ0n) is 9.19. The second-order valence-corrected chi connectivity index (χ2v) is 5.11. The third-order valence-corrected chi connectivity index (χ3v) is 4.06. The second-order valence-electron chi connectivity index (χ2n) is 4.16. The molecule has 0 aliphatic carbocycles. The molecule has 1 unspecified atom stereocenters. The highest BCUT2D eigenvalue weighted by Crippen LogP contribution is 2.33. The van der Waals surface area contributed by atoms with Crippen LogP contribution in [0.3, 0.4) is 0 Å². The lowest BCUT2D eigenvalue weighted by molar-refractivity contribution is 0.0912. The van der Waals surface area contributed by atoms with E-state index in [9.17, 15) is 0 Å². The van der Waals surface area contributed by atoms with Gasteiger partial charge in [0.15, 0.2) is 0 Å². The molecular formula is C13H15NOS. The van der Waals surface area contributed by atoms with Crippen LogP contribution in [0.25, 0.3) is 0 Å². The fraction of sp³-hybridized carbons (Fsp3) is 0.462. The molecule has 1 aromatic heterocycles. The maximum absolute atomic E-state index is 5.89. The molecule has 1 aromatic rings. The normalized spacial score (nSPS) is 24.8. The molecule has 0 saturated carbocycles. The number of nitrogens with zero attached hydrogens (tertiary/aromatic N) is 1. The van der Waals surface area contributed by atoms with Crippen molar-refractivity contribution in [2.24, 2.45) is 4.99 Å². The molecule has 0 spiro atoms. The number of thiophene rings is 1. The minimum atomic E-state index is 0.0955. The van der Waals surface area contributed by atoms with Crippen LogP contribution in [-0.4, -0.2) is 18.9 Å². The van der Waals surface area contributed by atoms with Gasteiger partial charge in [-0.15, -0.1) is 11.3 Å². The van der Waals surface area contributed by atoms with Crippen molar-refractivity contribution in [1.82, 2.24) is 0 Å². The first-order valence-electron chi connectivity index (χ1n) is 5.84. The van der Waals surface area contributed by atoms with E-state index in [4.69, 9.17) is 4.74 Å². The van der Waals surface area contributed by atoms with Crippen LogP contribution < -0.4 is 0 Å². The van der Waals surface area contributed by atoms with Crippen molar-refractivity contribution in [2.75, 3.05) is 13.2 Å². The van der Waals surface area contributed by atoms with Gasteiger partial charge in [0.2, 0.25) is 0 Å². The van der Waals surface area contributed by atoms with Gasteiger partial charge >= 0.3 is 0 Å². The first-order chi connectivity index (χ1) is 7.95. The van der Waals surface area contributed by atoms with Gasteiger partial charge in [-0.3, -0.25) is 4.99 Å². The summed E-state index contributed by atoms with van der Waals surface area (Å²) in [6.45, 7) is 1.75. The van der Waals surface area contributed by atoms with Gasteiger partial charge in [-0.1, -0.05) is 6.08 Å². The number of hydrogen-bond donors (Lipinski definition) is 0. The monoisotopic (exact) mass is 233 g/mol. The summed E-state index contributed by atoms with van der Waals surface area (Å²) in [5, 5.41) is 2.16. The van der Waals surface area contributed by atoms with Gasteiger partial charge in [-0.2, -0.15) is 0 Å². The highest BCUT2D eigenvalue weighted by atomic mass is 32.1. The zero-order chi connectivity index (χ0) is 10.8. The molecule has 0 aromatic carbocycles. The summed E-state index contributed by atoms with van der Waals surface area (Å²) >= 11 is 1.79. The lowest BCUT2D eigenvalue weighted by atomic mass is 10.0. The Labute approximate surface area is 99.7 Å². The van der Waals surface area contributed by atoms with Crippen molar-refractivity contribution in [1.29, 1.82) is 0 Å². The Bertz CT molecular complexity index is 433. The Kier molecular flexibility index (Phi) is 2.89. The van der Waals surface area contributed by atoms with Crippen LogP contribution in [0.5, 0.6) is 0 Å². The third kappa shape index (κ3) is 1.85. The molecule has 2 aliphatic heterocycles. The molecule has 3 rings (SSSR count). The molecular weight excluding hydrogens is 218 g/mol. The summed E-state index contributed by atoms with van der Waals surface area (Å²) < 4.78 is 5.89. The summed E-state index contributed by atoms with van der Waals surface area (Å²) in [4.78, 5) is 5.99. The molecule has 0 radical (unpaired) electrons. The van der Waals surface area contributed by atoms with Gasteiger partial charge in [0.25, 0.3) is 0 Å². The summed E-state index contributed by atoms with van der Waals surface area (Å²) in [7, 11) is 0. The van der Waals surface area contributed by atoms with Crippen molar-refractivity contribution < 1.29 is 4.74 Å². The van der Waals surface area contributed by atoms with E-state index in [-0.39, 0.29) is 6.10 Å². The van der Waals surface area contributed by atoms with E-state index in [1.54, 1.807) is 11.3 Å². The minimum Gasteiger partial charge on any atom is -0.366 e. The largest absolute Gasteiger partial charge is 0.366 e. The van der Waals surface area contributed by atoms with E-state index in [1.807, 2.05) is 0 Å². The number of hydrogen-bond acceptors (Lipinski definition) is 3. The molecule has 0 saturated heterocycles. The number of rotatable bonds is 1. The number of allylic oxidation sites excluding steroid dienone is 1. The zero-order valence-corrected chi connectivity index (χ0v) is 10.0. The van der Waals surface area contributed by atoms with Crippen molar-refractivity contribution in [2.45, 2.75) is 25.4 Å². The summed E-state index contributed by atoms with van der Waals surface area (Å²) in [6.07, 6.45) is 7.80. The fourth-order valence-corrected chi connectivity index (χ4v) is 3.22. The molecule has 1 atom stereocenters. The third-order valence-electron chi connectivity index (χ3n) is 3.06. The van der Waals surface area contributed by atoms with Crippen LogP contribution in [0.4, 0.5) is 0 Å². The molecule has 0 amide bonds. The van der Waals surface area contributed by atoms with Gasteiger partial charge in [0, 0.05) is 11.4 Å². The molecule has 0 N–H and O–H groups in total. The second kappa shape index (κ2) is 4.52. The Balaban J connectivity index is 1.94. The minimum absolute atomic E-state index is 0.0955. The van der Waals surface area contributed by atoms with E-state index >= 15 is 0 Å². The van der Waals surface area contributed by atoms with Gasteiger partial charge in [-0.05, 0) is 42.3 Å². The van der Waals surface area contributed by atoms with Crippen molar-refractivity contribution in [3.63, 3.8) is 0 Å². The SMILES string of the molecule is C1=CC(C2OCCc3ccsc32)=NCCC1. The Hall–Kier alpha value is -0.930. The first-order valence-corrected chi connectivity index (χ1v) is 6.72. The quantitative estimate of drug-likeness (QED) is 0.730. The number of ether oxygens (including phenoxy) is 1. The predicted molar refractivity (Wildman–Crippen MR) is 67.4 cm³/mol. The van der Waals surface area contributed by atoms with Crippen LogP contribution in [0.2, 0.25) is 0 Å². The Morgan fingerprint density at radius 2 is 2.44 bits per heavy atom. The van der Waals surface area contributed by atoms with Crippen LogP contribution in [-0.2, 0) is 11.2 Å². The first kappa shape index (κ1) is 10.2. The lowest BCUT2D eigenvalue weighted by Gasteiger charge is -2.23. The standard InChI is InChI=1S/C13H15NOS/c1-2-4-11(14-7-3-1)12-13-10(5-8-15-12)6-9-16-13/h2,4,6,9,12H,1,3,5,7-8H2. The van der Waals surface area contributed by atoms with E-state index in [0.29, 0.717) is 0 Å². The average Bonchev–Trinajstić information content (AvgIpc) is 2.63. The van der Waals surface area contributed by atoms with Crippen LogP contribution >= 0.6 is 11.3 Å². The van der Waals surface area contributed by atoms with E-state index in [0.717, 1.165) is 38.1 Å². The maximum Gasteiger partial charge on any atom is 0.133 e. The van der Waals surface area contributed by atoms with Gasteiger partial charge in [0.05, 0.1) is 12.3 Å². The summed E-state index contributed by atoms with van der Waals surface area (Å²) in [5.74, 6) is 0. The molecule has 0 bridgehead atoms. The highest BCUT2D eigenvalue weighted by Gasteiger charge is 2.25. The van der Waals surface area contributed by atoms with Gasteiger partial charge in [0.1, 0.15) is 6.10 Å². The predicted octanol–water partition coefficient (Wildman–Crippen LogP) is 3.15. The van der Waals surface area contributed by atoms with E-state index in [1.165, 1.54) is 10.4 Å². The molecule has 2 nitrogen and oxygen atoms in total. The molecule has 0 fully saturated rings. The molecule has 3 heteroatoms. The average molecular weight is 233 g/mol. The fourth-order valence-electron chi connectivity index (χ4n) is 2.21. The lowest BCUT2D eigenvalue weighted by Crippen LogP contribution is -2.20. The molecule has 84 valence electrons. The number of fused-ring (bicyclic) bond motifs is 1. The Morgan fingerprint density at radius 3 is 3.44 bits per heavy atom. The van der Waals surface area contributed by atoms with Crippen LogP contribution in [0.1, 0.15) is 29.4 Å². The summed E-state index contributed by atoms with van der Waals surface area (Å²) in [5.41, 5.74) is 2.56. The van der Waals surface area contributed by atoms with E-state index in [2.05, 4.69) is 28.6 Å². The number of aliphatic imine (C=N–C) groups is 1. The van der Waals surface area contributed by atoms with Gasteiger partial charge in [-0.25, -0.2) is 0 Å². The topological polar surface area (TPSA) is 21.6 Å². The van der Waals surface area contributed by atoms with Crippen LogP contribution in [0, 0.1) is 0 Å². The molecule has 16 heavy (non-hydrogen) atoms. The van der Waals surface area contributed by atoms with Crippen molar-refractivity contribution >= 4 is 17.0 Å². The maximum atomic E-state index is 5.89. The molecule has 2 aliphatic rings. The highest BCUT2D eigenvalue weighted by molar-refractivity contribution is 7.10.